The highest BCUT2D eigenvalue weighted by atomic mass is 15.1. The zero-order chi connectivity index (χ0) is 12.8. The Kier molecular flexibility index (Phi) is 4.75. The molecule has 1 aromatic rings. The van der Waals surface area contributed by atoms with Gasteiger partial charge in [-0.15, -0.1) is 0 Å². The van der Waals surface area contributed by atoms with Gasteiger partial charge < -0.3 is 16.0 Å². The molecular weight excluding hydrogens is 226 g/mol. The summed E-state index contributed by atoms with van der Waals surface area (Å²) in [5, 5.41) is 10.1. The second-order valence-corrected chi connectivity index (χ2v) is 4.72. The van der Waals surface area contributed by atoms with E-state index in [1.165, 1.54) is 19.4 Å². The van der Waals surface area contributed by atoms with E-state index in [1.807, 2.05) is 13.0 Å². The summed E-state index contributed by atoms with van der Waals surface area (Å²) in [4.78, 5) is 8.73. The molecule has 1 atom stereocenters. The Morgan fingerprint density at radius 3 is 2.78 bits per heavy atom. The van der Waals surface area contributed by atoms with Gasteiger partial charge >= 0.3 is 0 Å². The standard InChI is InChI=1S/C13H23N5/c1-3-14-12-9-13(18-10(2)17-12)16-8-6-11-5-4-7-15-11/h9,11,15H,3-8H2,1-2H3,(H2,14,16,17,18). The van der Waals surface area contributed by atoms with Gasteiger partial charge in [-0.25, -0.2) is 9.97 Å². The maximum Gasteiger partial charge on any atom is 0.131 e. The molecule has 1 aliphatic rings. The molecule has 1 aliphatic heterocycles. The molecule has 0 saturated carbocycles. The third kappa shape index (κ3) is 3.84. The molecular formula is C13H23N5. The van der Waals surface area contributed by atoms with Crippen molar-refractivity contribution in [2.45, 2.75) is 39.2 Å². The van der Waals surface area contributed by atoms with Crippen molar-refractivity contribution in [3.63, 3.8) is 0 Å². The summed E-state index contributed by atoms with van der Waals surface area (Å²) in [6.07, 6.45) is 3.76. The molecule has 5 heteroatoms. The SMILES string of the molecule is CCNc1cc(NCCC2CCCN2)nc(C)n1. The fourth-order valence-electron chi connectivity index (χ4n) is 2.31. The van der Waals surface area contributed by atoms with E-state index in [0.717, 1.165) is 37.0 Å². The molecule has 0 aromatic carbocycles. The molecule has 0 aliphatic carbocycles. The number of nitrogens with one attached hydrogen (secondary N) is 3. The van der Waals surface area contributed by atoms with Crippen LogP contribution < -0.4 is 16.0 Å². The second-order valence-electron chi connectivity index (χ2n) is 4.72. The third-order valence-electron chi connectivity index (χ3n) is 3.16. The van der Waals surface area contributed by atoms with Gasteiger partial charge in [0.05, 0.1) is 0 Å². The summed E-state index contributed by atoms with van der Waals surface area (Å²) in [6.45, 7) is 6.99. The minimum Gasteiger partial charge on any atom is -0.370 e. The van der Waals surface area contributed by atoms with Crippen LogP contribution in [0.2, 0.25) is 0 Å². The Labute approximate surface area is 109 Å². The maximum atomic E-state index is 4.40. The smallest absolute Gasteiger partial charge is 0.131 e. The van der Waals surface area contributed by atoms with Crippen LogP contribution in [0.5, 0.6) is 0 Å². The van der Waals surface area contributed by atoms with Crippen LogP contribution in [-0.4, -0.2) is 35.6 Å². The van der Waals surface area contributed by atoms with Crippen LogP contribution in [0.4, 0.5) is 11.6 Å². The van der Waals surface area contributed by atoms with E-state index in [1.54, 1.807) is 0 Å². The van der Waals surface area contributed by atoms with Crippen molar-refractivity contribution in [3.05, 3.63) is 11.9 Å². The van der Waals surface area contributed by atoms with Crippen LogP contribution >= 0.6 is 0 Å². The van der Waals surface area contributed by atoms with Gasteiger partial charge in [0.15, 0.2) is 0 Å². The number of hydrogen-bond acceptors (Lipinski definition) is 5. The zero-order valence-corrected chi connectivity index (χ0v) is 11.3. The second kappa shape index (κ2) is 6.54. The lowest BCUT2D eigenvalue weighted by Crippen LogP contribution is -2.24. The van der Waals surface area contributed by atoms with Gasteiger partial charge in [-0.3, -0.25) is 0 Å². The molecule has 5 nitrogen and oxygen atoms in total. The molecule has 3 N–H and O–H groups in total. The Balaban J connectivity index is 1.83. The van der Waals surface area contributed by atoms with Crippen molar-refractivity contribution >= 4 is 11.6 Å². The summed E-state index contributed by atoms with van der Waals surface area (Å²) in [5.74, 6) is 2.61. The van der Waals surface area contributed by atoms with Gasteiger partial charge in [-0.05, 0) is 39.7 Å². The molecule has 2 rings (SSSR count). The lowest BCUT2D eigenvalue weighted by Gasteiger charge is -2.12. The van der Waals surface area contributed by atoms with E-state index in [-0.39, 0.29) is 0 Å². The van der Waals surface area contributed by atoms with Crippen LogP contribution in [0.1, 0.15) is 32.0 Å². The molecule has 0 bridgehead atoms. The highest BCUT2D eigenvalue weighted by Gasteiger charge is 2.13. The molecule has 2 heterocycles. The predicted octanol–water partition coefficient (Wildman–Crippen LogP) is 1.77. The summed E-state index contributed by atoms with van der Waals surface area (Å²) < 4.78 is 0. The Hall–Kier alpha value is -1.36. The fourth-order valence-corrected chi connectivity index (χ4v) is 2.31. The van der Waals surface area contributed by atoms with Crippen LogP contribution in [0.25, 0.3) is 0 Å². The first-order chi connectivity index (χ1) is 8.78. The number of aromatic nitrogens is 2. The fraction of sp³-hybridized carbons (Fsp3) is 0.692. The largest absolute Gasteiger partial charge is 0.370 e. The van der Waals surface area contributed by atoms with Crippen LogP contribution in [0.15, 0.2) is 6.07 Å². The van der Waals surface area contributed by atoms with Crippen LogP contribution in [-0.2, 0) is 0 Å². The van der Waals surface area contributed by atoms with Crippen molar-refractivity contribution in [2.24, 2.45) is 0 Å². The van der Waals surface area contributed by atoms with E-state index in [4.69, 9.17) is 0 Å². The molecule has 0 radical (unpaired) electrons. The molecule has 0 amide bonds. The van der Waals surface area contributed by atoms with E-state index in [2.05, 4.69) is 32.8 Å². The molecule has 1 saturated heterocycles. The lowest BCUT2D eigenvalue weighted by molar-refractivity contribution is 0.574. The van der Waals surface area contributed by atoms with E-state index in [9.17, 15) is 0 Å². The lowest BCUT2D eigenvalue weighted by atomic mass is 10.1. The Morgan fingerprint density at radius 2 is 2.11 bits per heavy atom. The molecule has 0 spiro atoms. The van der Waals surface area contributed by atoms with E-state index >= 15 is 0 Å². The van der Waals surface area contributed by atoms with Crippen molar-refractivity contribution in [1.29, 1.82) is 0 Å². The first-order valence-electron chi connectivity index (χ1n) is 6.84. The van der Waals surface area contributed by atoms with E-state index in [0.29, 0.717) is 6.04 Å². The molecule has 1 aromatic heterocycles. The summed E-state index contributed by atoms with van der Waals surface area (Å²) in [7, 11) is 0. The van der Waals surface area contributed by atoms with Crippen molar-refractivity contribution in [1.82, 2.24) is 15.3 Å². The average molecular weight is 249 g/mol. The minimum atomic E-state index is 0.675. The number of aryl methyl sites for hydroxylation is 1. The predicted molar refractivity (Wildman–Crippen MR) is 75.1 cm³/mol. The number of anilines is 2. The normalized spacial score (nSPS) is 18.9. The molecule has 1 fully saturated rings. The highest BCUT2D eigenvalue weighted by molar-refractivity contribution is 5.47. The van der Waals surface area contributed by atoms with Crippen LogP contribution in [0.3, 0.4) is 0 Å². The quantitative estimate of drug-likeness (QED) is 0.717. The molecule has 18 heavy (non-hydrogen) atoms. The first-order valence-corrected chi connectivity index (χ1v) is 6.84. The summed E-state index contributed by atoms with van der Waals surface area (Å²) >= 11 is 0. The molecule has 100 valence electrons. The van der Waals surface area contributed by atoms with Crippen LogP contribution in [0, 0.1) is 6.92 Å². The zero-order valence-electron chi connectivity index (χ0n) is 11.3. The Bertz CT molecular complexity index is 374. The van der Waals surface area contributed by atoms with Crippen molar-refractivity contribution in [3.8, 4) is 0 Å². The first kappa shape index (κ1) is 13.1. The summed E-state index contributed by atoms with van der Waals surface area (Å²) in [5.41, 5.74) is 0. The van der Waals surface area contributed by atoms with Gasteiger partial charge in [-0.2, -0.15) is 0 Å². The maximum absolute atomic E-state index is 4.40. The van der Waals surface area contributed by atoms with Gasteiger partial charge in [0.25, 0.3) is 0 Å². The monoisotopic (exact) mass is 249 g/mol. The van der Waals surface area contributed by atoms with Gasteiger partial charge in [0, 0.05) is 25.2 Å². The van der Waals surface area contributed by atoms with Gasteiger partial charge in [0.1, 0.15) is 17.5 Å². The van der Waals surface area contributed by atoms with Gasteiger partial charge in [0.2, 0.25) is 0 Å². The molecule has 1 unspecified atom stereocenters. The van der Waals surface area contributed by atoms with Crippen molar-refractivity contribution < 1.29 is 0 Å². The Morgan fingerprint density at radius 1 is 1.33 bits per heavy atom. The topological polar surface area (TPSA) is 61.9 Å². The number of hydrogen-bond donors (Lipinski definition) is 3. The minimum absolute atomic E-state index is 0.675. The highest BCUT2D eigenvalue weighted by Crippen LogP contribution is 2.12. The third-order valence-corrected chi connectivity index (χ3v) is 3.16. The number of nitrogens with zero attached hydrogens (tertiary/aromatic N) is 2. The van der Waals surface area contributed by atoms with E-state index < -0.39 is 0 Å². The van der Waals surface area contributed by atoms with Crippen molar-refractivity contribution in [2.75, 3.05) is 30.3 Å². The average Bonchev–Trinajstić information content (AvgIpc) is 2.82. The van der Waals surface area contributed by atoms with Gasteiger partial charge in [-0.1, -0.05) is 0 Å². The number of rotatable bonds is 6. The summed E-state index contributed by atoms with van der Waals surface area (Å²) in [6, 6.07) is 2.65.